The highest BCUT2D eigenvalue weighted by Gasteiger charge is 2.35. The average molecular weight is 210 g/mol. The van der Waals surface area contributed by atoms with Gasteiger partial charge in [-0.25, -0.2) is 0 Å². The van der Waals surface area contributed by atoms with Gasteiger partial charge < -0.3 is 0 Å². The van der Waals surface area contributed by atoms with Crippen LogP contribution in [0.1, 0.15) is 24.8 Å². The predicted octanol–water partition coefficient (Wildman–Crippen LogP) is 3.26. The van der Waals surface area contributed by atoms with Crippen LogP contribution in [0.2, 0.25) is 0 Å². The smallest absolute Gasteiger partial charge is 0.0506 e. The SMILES string of the molecule is BrC1(c2cc[c]cc2)CCC1. The fourth-order valence-corrected chi connectivity index (χ4v) is 2.29. The van der Waals surface area contributed by atoms with E-state index >= 15 is 0 Å². The average Bonchev–Trinajstić information content (AvgIpc) is 2.02. The summed E-state index contributed by atoms with van der Waals surface area (Å²) < 4.78 is 0.308. The van der Waals surface area contributed by atoms with Gasteiger partial charge >= 0.3 is 0 Å². The van der Waals surface area contributed by atoms with Crippen LogP contribution in [0.5, 0.6) is 0 Å². The molecule has 2 rings (SSSR count). The predicted molar refractivity (Wildman–Crippen MR) is 49.7 cm³/mol. The van der Waals surface area contributed by atoms with Crippen molar-refractivity contribution < 1.29 is 0 Å². The number of benzene rings is 1. The Labute approximate surface area is 75.8 Å². The summed E-state index contributed by atoms with van der Waals surface area (Å²) in [5.74, 6) is 0. The highest BCUT2D eigenvalue weighted by Crippen LogP contribution is 2.48. The van der Waals surface area contributed by atoms with Gasteiger partial charge in [-0.2, -0.15) is 0 Å². The van der Waals surface area contributed by atoms with E-state index in [4.69, 9.17) is 0 Å². The van der Waals surface area contributed by atoms with Gasteiger partial charge in [0.15, 0.2) is 0 Å². The van der Waals surface area contributed by atoms with Crippen molar-refractivity contribution in [2.75, 3.05) is 0 Å². The summed E-state index contributed by atoms with van der Waals surface area (Å²) in [7, 11) is 0. The molecule has 0 amide bonds. The molecule has 0 heterocycles. The molecule has 0 saturated heterocycles. The van der Waals surface area contributed by atoms with Crippen molar-refractivity contribution in [3.05, 3.63) is 35.9 Å². The number of rotatable bonds is 1. The number of halogens is 1. The van der Waals surface area contributed by atoms with Crippen molar-refractivity contribution in [3.8, 4) is 0 Å². The summed E-state index contributed by atoms with van der Waals surface area (Å²) in [5.41, 5.74) is 1.41. The van der Waals surface area contributed by atoms with E-state index in [-0.39, 0.29) is 0 Å². The maximum Gasteiger partial charge on any atom is 0.0506 e. The van der Waals surface area contributed by atoms with E-state index in [1.165, 1.54) is 24.8 Å². The summed E-state index contributed by atoms with van der Waals surface area (Å²) in [6.07, 6.45) is 3.90. The molecule has 0 spiro atoms. The third-order valence-corrected chi connectivity index (χ3v) is 3.63. The third-order valence-electron chi connectivity index (χ3n) is 2.38. The lowest BCUT2D eigenvalue weighted by atomic mass is 9.80. The normalized spacial score (nSPS) is 20.8. The van der Waals surface area contributed by atoms with Crippen molar-refractivity contribution in [1.82, 2.24) is 0 Å². The van der Waals surface area contributed by atoms with Crippen LogP contribution in [0.25, 0.3) is 0 Å². The molecule has 0 N–H and O–H groups in total. The van der Waals surface area contributed by atoms with Crippen molar-refractivity contribution in [2.24, 2.45) is 0 Å². The first-order valence-corrected chi connectivity index (χ1v) is 4.76. The summed E-state index contributed by atoms with van der Waals surface area (Å²) in [6.45, 7) is 0. The summed E-state index contributed by atoms with van der Waals surface area (Å²) in [4.78, 5) is 0. The quantitative estimate of drug-likeness (QED) is 0.624. The van der Waals surface area contributed by atoms with Crippen LogP contribution in [0, 0.1) is 6.07 Å². The largest absolute Gasteiger partial charge is 0.0801 e. The van der Waals surface area contributed by atoms with E-state index < -0.39 is 0 Å². The highest BCUT2D eigenvalue weighted by molar-refractivity contribution is 9.09. The van der Waals surface area contributed by atoms with Crippen molar-refractivity contribution >= 4 is 15.9 Å². The maximum absolute atomic E-state index is 3.76. The van der Waals surface area contributed by atoms with E-state index in [1.807, 2.05) is 12.1 Å². The molecule has 0 atom stereocenters. The number of alkyl halides is 1. The Morgan fingerprint density at radius 1 is 1.27 bits per heavy atom. The molecular formula is C10H10Br. The fraction of sp³-hybridized carbons (Fsp3) is 0.400. The minimum atomic E-state index is 0.308. The molecule has 1 fully saturated rings. The Bertz CT molecular complexity index is 236. The Morgan fingerprint density at radius 3 is 2.36 bits per heavy atom. The topological polar surface area (TPSA) is 0 Å². The number of hydrogen-bond acceptors (Lipinski definition) is 0. The molecule has 0 nitrogen and oxygen atoms in total. The van der Waals surface area contributed by atoms with Crippen LogP contribution >= 0.6 is 15.9 Å². The highest BCUT2D eigenvalue weighted by atomic mass is 79.9. The van der Waals surface area contributed by atoms with Crippen LogP contribution < -0.4 is 0 Å². The molecule has 1 aromatic carbocycles. The van der Waals surface area contributed by atoms with Crippen molar-refractivity contribution in [2.45, 2.75) is 23.6 Å². The molecule has 0 aliphatic heterocycles. The minimum Gasteiger partial charge on any atom is -0.0801 e. The zero-order chi connectivity index (χ0) is 7.73. The first kappa shape index (κ1) is 7.35. The molecule has 1 aliphatic carbocycles. The van der Waals surface area contributed by atoms with Crippen molar-refractivity contribution in [3.63, 3.8) is 0 Å². The van der Waals surface area contributed by atoms with Crippen LogP contribution in [-0.2, 0) is 4.32 Å². The zero-order valence-electron chi connectivity index (χ0n) is 6.31. The molecule has 0 bridgehead atoms. The van der Waals surface area contributed by atoms with Crippen LogP contribution in [0.3, 0.4) is 0 Å². The molecule has 0 aromatic heterocycles. The Kier molecular flexibility index (Phi) is 1.76. The zero-order valence-corrected chi connectivity index (χ0v) is 7.89. The van der Waals surface area contributed by atoms with E-state index in [0.717, 1.165) is 0 Å². The van der Waals surface area contributed by atoms with Gasteiger partial charge in [-0.3, -0.25) is 0 Å². The molecule has 0 unspecified atom stereocenters. The standard InChI is InChI=1S/C10H10Br/c11-10(7-4-8-10)9-5-2-1-3-6-9/h2-3,5-6H,4,7-8H2. The third kappa shape index (κ3) is 1.22. The molecule has 1 radical (unpaired) electrons. The van der Waals surface area contributed by atoms with Gasteiger partial charge in [0.2, 0.25) is 0 Å². The lowest BCUT2D eigenvalue weighted by molar-refractivity contribution is 0.383. The molecular weight excluding hydrogens is 200 g/mol. The molecule has 1 aromatic rings. The second kappa shape index (κ2) is 2.63. The van der Waals surface area contributed by atoms with Gasteiger partial charge in [0, 0.05) is 0 Å². The molecule has 57 valence electrons. The van der Waals surface area contributed by atoms with E-state index in [9.17, 15) is 0 Å². The first-order valence-electron chi connectivity index (χ1n) is 3.97. The first-order chi connectivity index (χ1) is 5.31. The lowest BCUT2D eigenvalue weighted by Gasteiger charge is -2.36. The molecule has 1 aliphatic rings. The van der Waals surface area contributed by atoms with Crippen LogP contribution in [0.4, 0.5) is 0 Å². The van der Waals surface area contributed by atoms with Gasteiger partial charge in [0.1, 0.15) is 0 Å². The second-order valence-electron chi connectivity index (χ2n) is 3.11. The maximum atomic E-state index is 3.76. The van der Waals surface area contributed by atoms with Gasteiger partial charge in [0.05, 0.1) is 4.32 Å². The van der Waals surface area contributed by atoms with Crippen molar-refractivity contribution in [1.29, 1.82) is 0 Å². The number of hydrogen-bond donors (Lipinski definition) is 0. The van der Waals surface area contributed by atoms with Gasteiger partial charge in [0.25, 0.3) is 0 Å². The van der Waals surface area contributed by atoms with Gasteiger partial charge in [-0.05, 0) is 30.9 Å². The van der Waals surface area contributed by atoms with E-state index in [0.29, 0.717) is 4.32 Å². The molecule has 11 heavy (non-hydrogen) atoms. The monoisotopic (exact) mass is 209 g/mol. The molecule has 1 heteroatoms. The lowest BCUT2D eigenvalue weighted by Crippen LogP contribution is -2.26. The van der Waals surface area contributed by atoms with Crippen LogP contribution in [-0.4, -0.2) is 0 Å². The minimum absolute atomic E-state index is 0.308. The van der Waals surface area contributed by atoms with Gasteiger partial charge in [-0.1, -0.05) is 40.2 Å². The Hall–Kier alpha value is -0.300. The Morgan fingerprint density at radius 2 is 1.91 bits per heavy atom. The second-order valence-corrected chi connectivity index (χ2v) is 4.63. The Balaban J connectivity index is 2.29. The van der Waals surface area contributed by atoms with Crippen LogP contribution in [0.15, 0.2) is 24.3 Å². The molecule has 1 saturated carbocycles. The van der Waals surface area contributed by atoms with E-state index in [2.05, 4.69) is 34.1 Å². The summed E-state index contributed by atoms with van der Waals surface area (Å²) in [5, 5.41) is 0. The fourth-order valence-electron chi connectivity index (χ4n) is 1.46. The van der Waals surface area contributed by atoms with E-state index in [1.54, 1.807) is 0 Å². The van der Waals surface area contributed by atoms with Gasteiger partial charge in [-0.15, -0.1) is 0 Å². The summed E-state index contributed by atoms with van der Waals surface area (Å²) in [6, 6.07) is 11.3. The summed E-state index contributed by atoms with van der Waals surface area (Å²) >= 11 is 3.76.